The van der Waals surface area contributed by atoms with E-state index in [0.29, 0.717) is 44.5 Å². The number of rotatable bonds is 3. The van der Waals surface area contributed by atoms with E-state index in [1.165, 1.54) is 36.7 Å². The van der Waals surface area contributed by atoms with Crippen molar-refractivity contribution < 1.29 is 45.1 Å². The Balaban J connectivity index is 0.000000291. The van der Waals surface area contributed by atoms with Crippen LogP contribution in [0.15, 0.2) is 102 Å². The van der Waals surface area contributed by atoms with Gasteiger partial charge in [-0.05, 0) is 89.7 Å². The molecule has 3 aromatic heterocycles. The molecular formula is C43H40IrN2O-2. The van der Waals surface area contributed by atoms with Gasteiger partial charge in [0.25, 0.3) is 0 Å². The minimum absolute atomic E-state index is 0. The van der Waals surface area contributed by atoms with Gasteiger partial charge in [-0.1, -0.05) is 86.6 Å². The molecule has 3 heterocycles. The van der Waals surface area contributed by atoms with Crippen LogP contribution in [0.4, 0.5) is 0 Å². The molecule has 0 saturated carbocycles. The summed E-state index contributed by atoms with van der Waals surface area (Å²) >= 11 is 0. The summed E-state index contributed by atoms with van der Waals surface area (Å²) in [4.78, 5) is 8.52. The molecule has 0 atom stereocenters. The van der Waals surface area contributed by atoms with Crippen LogP contribution in [-0.2, 0) is 25.5 Å². The summed E-state index contributed by atoms with van der Waals surface area (Å²) in [5, 5.41) is 1.27. The van der Waals surface area contributed by atoms with Crippen molar-refractivity contribution in [2.75, 3.05) is 0 Å². The number of fused-ring (bicyclic) bond motifs is 3. The monoisotopic (exact) mass is 808 g/mol. The molecule has 0 amide bonds. The quantitative estimate of drug-likeness (QED) is 0.167. The third-order valence-corrected chi connectivity index (χ3v) is 7.62. The summed E-state index contributed by atoms with van der Waals surface area (Å²) in [5.41, 5.74) is 4.38. The van der Waals surface area contributed by atoms with E-state index in [9.17, 15) is 0 Å². The van der Waals surface area contributed by atoms with E-state index < -0.39 is 34.3 Å². The van der Waals surface area contributed by atoms with Gasteiger partial charge >= 0.3 is 0 Å². The van der Waals surface area contributed by atoms with Gasteiger partial charge in [0.05, 0.1) is 5.58 Å². The molecule has 0 unspecified atom stereocenters. The van der Waals surface area contributed by atoms with E-state index in [4.69, 9.17) is 25.0 Å². The van der Waals surface area contributed by atoms with Crippen molar-refractivity contribution in [2.24, 2.45) is 0 Å². The number of furan rings is 1. The average Bonchev–Trinajstić information content (AvgIpc) is 3.54. The fraction of sp³-hybridized carbons (Fsp3) is 0.209. The van der Waals surface area contributed by atoms with Crippen LogP contribution in [0.3, 0.4) is 0 Å². The summed E-state index contributed by atoms with van der Waals surface area (Å²) in [6.07, 6.45) is 2.55. The summed E-state index contributed by atoms with van der Waals surface area (Å²) in [6, 6.07) is 28.4. The summed E-state index contributed by atoms with van der Waals surface area (Å²) < 4.78 is 122. The molecule has 3 nitrogen and oxygen atoms in total. The van der Waals surface area contributed by atoms with E-state index in [2.05, 4.69) is 22.1 Å². The maximum absolute atomic E-state index is 8.26. The molecule has 0 N–H and O–H groups in total. The Kier molecular flexibility index (Phi) is 5.70. The largest absolute Gasteiger partial charge is 0.501 e. The third kappa shape index (κ3) is 7.30. The second-order valence-corrected chi connectivity index (χ2v) is 12.0. The number of aromatic nitrogens is 2. The van der Waals surface area contributed by atoms with Crippen molar-refractivity contribution in [1.29, 1.82) is 0 Å². The Hall–Kier alpha value is -4.37. The molecule has 47 heavy (non-hydrogen) atoms. The topological polar surface area (TPSA) is 38.9 Å². The minimum Gasteiger partial charge on any atom is -0.501 e. The zero-order chi connectivity index (χ0) is 45.1. The van der Waals surface area contributed by atoms with E-state index in [-0.39, 0.29) is 64.5 Å². The van der Waals surface area contributed by atoms with Gasteiger partial charge in [0, 0.05) is 58.4 Å². The van der Waals surface area contributed by atoms with Gasteiger partial charge in [0.2, 0.25) is 0 Å². The Morgan fingerprint density at radius 1 is 0.660 bits per heavy atom. The second kappa shape index (κ2) is 13.8. The summed E-state index contributed by atoms with van der Waals surface area (Å²) in [5.74, 6) is 0. The van der Waals surface area contributed by atoms with Gasteiger partial charge < -0.3 is 14.4 Å². The van der Waals surface area contributed by atoms with Crippen molar-refractivity contribution in [3.05, 3.63) is 143 Å². The van der Waals surface area contributed by atoms with E-state index in [1.54, 1.807) is 54.6 Å². The predicted octanol–water partition coefficient (Wildman–Crippen LogP) is 11.5. The Bertz CT molecular complexity index is 2650. The zero-order valence-electron chi connectivity index (χ0n) is 40.9. The number of nitrogens with zero attached hydrogens (tertiary/aromatic N) is 2. The van der Waals surface area contributed by atoms with Crippen LogP contribution >= 0.6 is 0 Å². The van der Waals surface area contributed by atoms with Crippen molar-refractivity contribution in [3.8, 4) is 33.6 Å². The van der Waals surface area contributed by atoms with E-state index in [1.807, 2.05) is 26.8 Å². The van der Waals surface area contributed by atoms with Gasteiger partial charge in [-0.25, -0.2) is 0 Å². The molecule has 0 aliphatic carbocycles. The fourth-order valence-corrected chi connectivity index (χ4v) is 5.13. The number of hydrogen-bond donors (Lipinski definition) is 0. The molecule has 0 bridgehead atoms. The van der Waals surface area contributed by atoms with Gasteiger partial charge in [-0.3, -0.25) is 0 Å². The Morgan fingerprint density at radius 2 is 1.45 bits per heavy atom. The standard InChI is InChI=1S/C30H28NO.C13H12N.Ir/c1-18-10-13-28-26(14-18)23-8-7-9-24(29(23)32-28)27-16-25(20(3)17-31-27)22-12-11-21(15-19(22)2)30(4,5)6;1-10-3-6-12(7-4-10)13-8-5-11(2)9-14-13;/h7-8,10-17H,1-6H3;3-6,8-9H,1-2H3;/q2*-1;/i1D3,2D3,3D3;1D3,2D3;. The summed E-state index contributed by atoms with van der Waals surface area (Å²) in [7, 11) is 0. The van der Waals surface area contributed by atoms with Crippen molar-refractivity contribution >= 4 is 21.9 Å². The average molecular weight is 808 g/mol. The first-order valence-electron chi connectivity index (χ1n) is 22.1. The molecule has 239 valence electrons. The maximum Gasteiger partial charge on any atom is 0.120 e. The van der Waals surface area contributed by atoms with Crippen LogP contribution in [-0.4, -0.2) is 9.97 Å². The Labute approximate surface area is 313 Å². The molecule has 1 radical (unpaired) electrons. The SMILES string of the molecule is [2H]C([2H])([2H])c1c[c-]c(-c2ccc(C([2H])([2H])[2H])cn2)cc1.[2H]C([2H])([2H])c1ccc2oc3c(-c4cc(-c5ccc(C(C)(C)C)cc5C([2H])([2H])[2H])c(C([2H])([2H])[2H])cn4)[c-]ccc3c2c1.[Ir]. The van der Waals surface area contributed by atoms with Gasteiger partial charge in [-0.15, -0.1) is 53.6 Å². The molecule has 7 aromatic rings. The van der Waals surface area contributed by atoms with Crippen LogP contribution in [0.2, 0.25) is 0 Å². The van der Waals surface area contributed by atoms with Crippen LogP contribution in [0.1, 0.15) is 74.7 Å². The normalized spacial score (nSPS) is 17.3. The first-order chi connectivity index (χ1) is 28.0. The van der Waals surface area contributed by atoms with Crippen LogP contribution in [0.25, 0.3) is 55.6 Å². The van der Waals surface area contributed by atoms with Crippen molar-refractivity contribution in [3.63, 3.8) is 0 Å². The van der Waals surface area contributed by atoms with Crippen LogP contribution in [0.5, 0.6) is 0 Å². The molecule has 0 aliphatic heterocycles. The third-order valence-electron chi connectivity index (χ3n) is 7.62. The first kappa shape index (κ1) is 19.5. The first-order valence-corrected chi connectivity index (χ1v) is 14.6. The molecule has 0 spiro atoms. The number of pyridine rings is 2. The molecule has 0 aliphatic rings. The number of aryl methyl sites for hydroxylation is 5. The van der Waals surface area contributed by atoms with Crippen LogP contribution in [0, 0.1) is 46.4 Å². The predicted molar refractivity (Wildman–Crippen MR) is 192 cm³/mol. The van der Waals surface area contributed by atoms with E-state index in [0.717, 1.165) is 5.56 Å². The van der Waals surface area contributed by atoms with Crippen LogP contribution < -0.4 is 0 Å². The second-order valence-electron chi connectivity index (χ2n) is 12.0. The molecule has 4 aromatic carbocycles. The smallest absolute Gasteiger partial charge is 0.120 e. The van der Waals surface area contributed by atoms with Gasteiger partial charge in [0.1, 0.15) is 5.58 Å². The van der Waals surface area contributed by atoms with Gasteiger partial charge in [-0.2, -0.15) is 0 Å². The van der Waals surface area contributed by atoms with E-state index >= 15 is 0 Å². The van der Waals surface area contributed by atoms with Gasteiger partial charge in [0.15, 0.2) is 0 Å². The molecule has 4 heteroatoms. The molecule has 0 fully saturated rings. The number of benzene rings is 4. The van der Waals surface area contributed by atoms with Crippen molar-refractivity contribution in [1.82, 2.24) is 9.97 Å². The minimum atomic E-state index is -2.56. The van der Waals surface area contributed by atoms with Crippen molar-refractivity contribution in [2.45, 2.75) is 60.4 Å². The zero-order valence-corrected chi connectivity index (χ0v) is 28.3. The molecule has 0 saturated heterocycles. The molecule has 7 rings (SSSR count). The maximum atomic E-state index is 8.26. The molecular weight excluding hydrogens is 753 g/mol. The fourth-order valence-electron chi connectivity index (χ4n) is 5.13. The number of hydrogen-bond acceptors (Lipinski definition) is 3. The summed E-state index contributed by atoms with van der Waals surface area (Å²) in [6.45, 7) is -5.74. The Morgan fingerprint density at radius 3 is 2.15 bits per heavy atom.